The van der Waals surface area contributed by atoms with Gasteiger partial charge in [0.05, 0.1) is 17.7 Å². The maximum absolute atomic E-state index is 12.7. The fraction of sp³-hybridized carbons (Fsp3) is 0.280. The Morgan fingerprint density at radius 2 is 1.76 bits per heavy atom. The number of nitrogens with one attached hydrogen (secondary N) is 1. The van der Waals surface area contributed by atoms with Crippen LogP contribution in [0.1, 0.15) is 36.7 Å². The topological polar surface area (TPSA) is 73.9 Å². The molecule has 0 aliphatic heterocycles. The summed E-state index contributed by atoms with van der Waals surface area (Å²) in [4.78, 5) is 25.3. The lowest BCUT2D eigenvalue weighted by Crippen LogP contribution is -2.21. The molecule has 0 spiro atoms. The Labute approximate surface area is 206 Å². The molecular weight excluding hydrogens is 506 g/mol. The number of thiophene rings is 1. The number of carbonyl (C=O) groups excluding carboxylic acids is 2. The van der Waals surface area contributed by atoms with E-state index in [9.17, 15) is 9.59 Å². The number of hydrogen-bond acceptors (Lipinski definition) is 6. The summed E-state index contributed by atoms with van der Waals surface area (Å²) in [6.07, 6.45) is 0.908. The van der Waals surface area contributed by atoms with Crippen molar-refractivity contribution in [3.05, 3.63) is 63.4 Å². The number of aryl methyl sites for hydroxylation is 1. The van der Waals surface area contributed by atoms with E-state index in [-0.39, 0.29) is 19.1 Å². The molecule has 6 nitrogen and oxygen atoms in total. The molecule has 0 aliphatic rings. The average molecular weight is 532 g/mol. The van der Waals surface area contributed by atoms with Gasteiger partial charge < -0.3 is 19.5 Å². The average Bonchev–Trinajstić information content (AvgIpc) is 3.22. The van der Waals surface area contributed by atoms with E-state index in [4.69, 9.17) is 14.2 Å². The van der Waals surface area contributed by atoms with Gasteiger partial charge in [0.2, 0.25) is 0 Å². The molecule has 1 amide bonds. The van der Waals surface area contributed by atoms with Crippen LogP contribution >= 0.6 is 27.3 Å². The van der Waals surface area contributed by atoms with Crippen LogP contribution in [0.5, 0.6) is 11.5 Å². The Kier molecular flexibility index (Phi) is 8.91. The van der Waals surface area contributed by atoms with Gasteiger partial charge in [-0.05, 0) is 71.6 Å². The van der Waals surface area contributed by atoms with Crippen molar-refractivity contribution in [1.29, 1.82) is 0 Å². The van der Waals surface area contributed by atoms with Gasteiger partial charge in [0.1, 0.15) is 22.1 Å². The summed E-state index contributed by atoms with van der Waals surface area (Å²) < 4.78 is 17.2. The first kappa shape index (κ1) is 24.8. The van der Waals surface area contributed by atoms with Crippen molar-refractivity contribution in [2.75, 3.05) is 25.1 Å². The van der Waals surface area contributed by atoms with Crippen molar-refractivity contribution < 1.29 is 23.8 Å². The fourth-order valence-corrected chi connectivity index (χ4v) is 4.67. The van der Waals surface area contributed by atoms with Crippen molar-refractivity contribution in [2.24, 2.45) is 0 Å². The summed E-state index contributed by atoms with van der Waals surface area (Å²) >= 11 is 4.74. The minimum Gasteiger partial charge on any atom is -0.494 e. The first-order chi connectivity index (χ1) is 16.0. The van der Waals surface area contributed by atoms with E-state index in [1.807, 2.05) is 54.8 Å². The number of esters is 1. The predicted octanol–water partition coefficient (Wildman–Crippen LogP) is 6.33. The van der Waals surface area contributed by atoms with E-state index >= 15 is 0 Å². The Hall–Kier alpha value is -2.84. The molecule has 1 heterocycles. The van der Waals surface area contributed by atoms with Crippen LogP contribution in [0.2, 0.25) is 0 Å². The molecule has 3 aromatic rings. The number of carbonyl (C=O) groups is 2. The number of hydrogen-bond donors (Lipinski definition) is 1. The Morgan fingerprint density at radius 1 is 1.00 bits per heavy atom. The van der Waals surface area contributed by atoms with Crippen molar-refractivity contribution in [3.8, 4) is 22.6 Å². The largest absolute Gasteiger partial charge is 0.494 e. The van der Waals surface area contributed by atoms with Crippen LogP contribution in [0.15, 0.2) is 52.3 Å². The minimum atomic E-state index is -0.489. The highest BCUT2D eigenvalue weighted by molar-refractivity contribution is 9.10. The molecule has 174 valence electrons. The van der Waals surface area contributed by atoms with Crippen LogP contribution in [0.25, 0.3) is 11.1 Å². The molecular formula is C25H26BrNO5S. The molecule has 33 heavy (non-hydrogen) atoms. The Morgan fingerprint density at radius 3 is 2.39 bits per heavy atom. The van der Waals surface area contributed by atoms with Crippen molar-refractivity contribution in [1.82, 2.24) is 0 Å². The van der Waals surface area contributed by atoms with E-state index in [1.54, 1.807) is 6.92 Å². The third-order valence-electron chi connectivity index (χ3n) is 4.76. The highest BCUT2D eigenvalue weighted by Crippen LogP contribution is 2.37. The Bertz CT molecular complexity index is 1110. The third kappa shape index (κ3) is 6.36. The monoisotopic (exact) mass is 531 g/mol. The molecule has 0 atom stereocenters. The fourth-order valence-electron chi connectivity index (χ4n) is 3.15. The van der Waals surface area contributed by atoms with E-state index in [1.165, 1.54) is 11.3 Å². The molecule has 0 aliphatic carbocycles. The summed E-state index contributed by atoms with van der Waals surface area (Å²) in [7, 11) is 0. The highest BCUT2D eigenvalue weighted by atomic mass is 79.9. The zero-order valence-electron chi connectivity index (χ0n) is 18.8. The summed E-state index contributed by atoms with van der Waals surface area (Å²) in [6.45, 7) is 6.35. The van der Waals surface area contributed by atoms with Crippen molar-refractivity contribution in [3.63, 3.8) is 0 Å². The molecule has 0 unspecified atom stereocenters. The van der Waals surface area contributed by atoms with Gasteiger partial charge in [0.25, 0.3) is 5.91 Å². The first-order valence-electron chi connectivity index (χ1n) is 10.7. The van der Waals surface area contributed by atoms with E-state index in [2.05, 4.69) is 28.2 Å². The number of amides is 1. The lowest BCUT2D eigenvalue weighted by atomic mass is 10.0. The molecule has 8 heteroatoms. The van der Waals surface area contributed by atoms with Crippen LogP contribution in [0.4, 0.5) is 5.00 Å². The van der Waals surface area contributed by atoms with Crippen LogP contribution in [-0.4, -0.2) is 31.7 Å². The van der Waals surface area contributed by atoms with Gasteiger partial charge in [0, 0.05) is 10.9 Å². The van der Waals surface area contributed by atoms with E-state index < -0.39 is 5.97 Å². The lowest BCUT2D eigenvalue weighted by Gasteiger charge is -2.11. The summed E-state index contributed by atoms with van der Waals surface area (Å²) in [6, 6.07) is 13.2. The molecule has 0 saturated carbocycles. The Balaban J connectivity index is 1.77. The molecule has 0 radical (unpaired) electrons. The van der Waals surface area contributed by atoms with Crippen LogP contribution in [0.3, 0.4) is 0 Å². The number of halogens is 1. The molecule has 2 aromatic carbocycles. The van der Waals surface area contributed by atoms with Gasteiger partial charge in [0.15, 0.2) is 6.61 Å². The second-order valence-electron chi connectivity index (χ2n) is 6.99. The normalized spacial score (nSPS) is 10.5. The number of anilines is 1. The van der Waals surface area contributed by atoms with Gasteiger partial charge in [-0.2, -0.15) is 0 Å². The number of rotatable bonds is 10. The summed E-state index contributed by atoms with van der Waals surface area (Å²) in [5.74, 6) is 0.469. The number of benzene rings is 2. The van der Waals surface area contributed by atoms with Gasteiger partial charge in [-0.25, -0.2) is 4.79 Å². The van der Waals surface area contributed by atoms with Crippen molar-refractivity contribution in [2.45, 2.75) is 27.2 Å². The van der Waals surface area contributed by atoms with Gasteiger partial charge >= 0.3 is 5.97 Å². The van der Waals surface area contributed by atoms with Crippen LogP contribution in [0, 0.1) is 0 Å². The van der Waals surface area contributed by atoms with Crippen LogP contribution in [-0.2, 0) is 16.0 Å². The molecule has 3 rings (SSSR count). The zero-order valence-corrected chi connectivity index (χ0v) is 21.2. The second-order valence-corrected chi connectivity index (χ2v) is 8.72. The number of ether oxygens (including phenoxy) is 3. The smallest absolute Gasteiger partial charge is 0.341 e. The zero-order chi connectivity index (χ0) is 23.8. The summed E-state index contributed by atoms with van der Waals surface area (Å²) in [5, 5.41) is 5.05. The van der Waals surface area contributed by atoms with Gasteiger partial charge in [-0.1, -0.05) is 25.1 Å². The predicted molar refractivity (Wildman–Crippen MR) is 135 cm³/mol. The first-order valence-corrected chi connectivity index (χ1v) is 12.4. The standard InChI is InChI=1S/C25H26BrNO5S/c1-4-16-7-12-21(20(26)13-16)32-14-22(28)27-24-23(25(29)31-6-3)19(15-33-24)17-8-10-18(11-9-17)30-5-2/h7-13,15H,4-6,14H2,1-3H3,(H,27,28). The van der Waals surface area contributed by atoms with Gasteiger partial charge in [-0.3, -0.25) is 4.79 Å². The summed E-state index contributed by atoms with van der Waals surface area (Å²) in [5.41, 5.74) is 3.01. The maximum Gasteiger partial charge on any atom is 0.341 e. The third-order valence-corrected chi connectivity index (χ3v) is 6.28. The lowest BCUT2D eigenvalue weighted by molar-refractivity contribution is -0.118. The molecule has 1 N–H and O–H groups in total. The molecule has 0 saturated heterocycles. The van der Waals surface area contributed by atoms with Gasteiger partial charge in [-0.15, -0.1) is 11.3 Å². The molecule has 1 aromatic heterocycles. The SMILES string of the molecule is CCOC(=O)c1c(-c2ccc(OCC)cc2)csc1NC(=O)COc1ccc(CC)cc1Br. The minimum absolute atomic E-state index is 0.192. The van der Waals surface area contributed by atoms with E-state index in [0.717, 1.165) is 27.8 Å². The second kappa shape index (κ2) is 11.9. The van der Waals surface area contributed by atoms with Crippen LogP contribution < -0.4 is 14.8 Å². The van der Waals surface area contributed by atoms with E-state index in [0.29, 0.717) is 28.5 Å². The maximum atomic E-state index is 12.7. The quantitative estimate of drug-likeness (QED) is 0.309. The highest BCUT2D eigenvalue weighted by Gasteiger charge is 2.23. The molecule has 0 fully saturated rings. The molecule has 0 bridgehead atoms. The van der Waals surface area contributed by atoms with Crippen molar-refractivity contribution >= 4 is 44.1 Å².